The molecule has 284 valence electrons. The minimum atomic E-state index is -0.313. The van der Waals surface area contributed by atoms with Gasteiger partial charge in [-0.3, -0.25) is 9.13 Å². The summed E-state index contributed by atoms with van der Waals surface area (Å²) in [5.41, 5.74) is 7.74. The van der Waals surface area contributed by atoms with Gasteiger partial charge in [0.1, 0.15) is 31.7 Å². The van der Waals surface area contributed by atoms with E-state index in [1.54, 1.807) is 27.6 Å². The van der Waals surface area contributed by atoms with Gasteiger partial charge in [-0.1, -0.05) is 29.9 Å². The van der Waals surface area contributed by atoms with E-state index in [1.807, 2.05) is 36.4 Å². The Bertz CT molecular complexity index is 2440. The molecule has 0 radical (unpaired) electrons. The molecule has 0 aliphatic carbocycles. The monoisotopic (exact) mass is 754 g/mol. The summed E-state index contributed by atoms with van der Waals surface area (Å²) in [6.07, 6.45) is 11.5. The fourth-order valence-electron chi connectivity index (χ4n) is 6.86. The van der Waals surface area contributed by atoms with Gasteiger partial charge >= 0.3 is 11.4 Å². The highest BCUT2D eigenvalue weighted by molar-refractivity contribution is 5.69. The summed E-state index contributed by atoms with van der Waals surface area (Å²) in [6.45, 7) is 5.01. The normalized spacial score (nSPS) is 17.8. The van der Waals surface area contributed by atoms with Crippen molar-refractivity contribution in [3.8, 4) is 58.5 Å². The highest BCUT2D eigenvalue weighted by Crippen LogP contribution is 2.32. The molecule has 0 spiro atoms. The maximum absolute atomic E-state index is 12.6. The molecule has 2 fully saturated rings. The first kappa shape index (κ1) is 36.8. The fraction of sp³-hybridized carbons (Fsp3) is 0.333. The molecule has 14 heteroatoms. The zero-order valence-corrected chi connectivity index (χ0v) is 30.5. The van der Waals surface area contributed by atoms with Gasteiger partial charge in [-0.05, 0) is 48.2 Å². The molecular weight excluding hydrogens is 716 g/mol. The van der Waals surface area contributed by atoms with Crippen LogP contribution in [-0.4, -0.2) is 94.1 Å². The molecule has 2 atom stereocenters. The number of hydrogen-bond acceptors (Lipinski definition) is 12. The molecule has 4 aliphatic heterocycles. The molecule has 5 aromatic rings. The van der Waals surface area contributed by atoms with Crippen LogP contribution in [0.1, 0.15) is 27.8 Å². The first-order valence-electron chi connectivity index (χ1n) is 18.4. The van der Waals surface area contributed by atoms with E-state index < -0.39 is 0 Å². The van der Waals surface area contributed by atoms with Gasteiger partial charge in [0.05, 0.1) is 56.6 Å². The van der Waals surface area contributed by atoms with Gasteiger partial charge in [-0.15, -0.1) is 6.42 Å². The van der Waals surface area contributed by atoms with Gasteiger partial charge < -0.3 is 28.4 Å². The van der Waals surface area contributed by atoms with E-state index in [2.05, 4.69) is 43.8 Å². The molecule has 2 aromatic carbocycles. The van der Waals surface area contributed by atoms with Gasteiger partial charge in [0.15, 0.2) is 0 Å². The minimum absolute atomic E-state index is 0.139. The number of ether oxygens (including phenoxy) is 6. The third-order valence-corrected chi connectivity index (χ3v) is 9.63. The average Bonchev–Trinajstić information content (AvgIpc) is 3.25. The van der Waals surface area contributed by atoms with Crippen LogP contribution < -0.4 is 20.9 Å². The summed E-state index contributed by atoms with van der Waals surface area (Å²) in [6, 6.07) is 15.5. The van der Waals surface area contributed by atoms with E-state index >= 15 is 0 Å². The average molecular weight is 755 g/mol. The van der Waals surface area contributed by atoms with Crippen molar-refractivity contribution < 1.29 is 28.4 Å². The van der Waals surface area contributed by atoms with Gasteiger partial charge in [-0.25, -0.2) is 19.6 Å². The molecule has 9 rings (SSSR count). The lowest BCUT2D eigenvalue weighted by Gasteiger charge is -2.24. The Morgan fingerprint density at radius 3 is 1.71 bits per heavy atom. The van der Waals surface area contributed by atoms with E-state index in [-0.39, 0.29) is 23.6 Å². The van der Waals surface area contributed by atoms with Crippen LogP contribution in [0.15, 0.2) is 76.8 Å². The van der Waals surface area contributed by atoms with Crippen LogP contribution in [-0.2, 0) is 44.9 Å². The highest BCUT2D eigenvalue weighted by atomic mass is 16.6. The number of aryl methyl sites for hydroxylation is 2. The third kappa shape index (κ3) is 8.54. The van der Waals surface area contributed by atoms with E-state index in [9.17, 15) is 9.59 Å². The second-order valence-corrected chi connectivity index (χ2v) is 13.4. The Hall–Kier alpha value is -6.16. The van der Waals surface area contributed by atoms with E-state index in [0.29, 0.717) is 77.7 Å². The molecule has 2 saturated heterocycles. The fourth-order valence-corrected chi connectivity index (χ4v) is 6.86. The maximum atomic E-state index is 12.6. The predicted octanol–water partition coefficient (Wildman–Crippen LogP) is 2.69. The standard InChI is InChI=1S/C23H20N4O4.C19H18N2O4/c28-23-26-22(31-14-19-13-29-7-8-30-19)10-21-20-4-3-16(9-18(20)5-6-27(21)23)1-2-17-11-24-15-25-12-17;1-2-13-3-4-16-14(9-13)5-6-21-17(16)10-18(20-19(21)22)25-12-15-11-23-7-8-24-15/h3-4,9-12,15,19H,5-8,13-14H2;1,3-4,9-10,15H,5-8,11-12H2. The molecule has 3 aromatic heterocycles. The summed E-state index contributed by atoms with van der Waals surface area (Å²) in [4.78, 5) is 41.0. The number of terminal acetylenes is 1. The topological polar surface area (TPSA) is 151 Å². The minimum Gasteiger partial charge on any atom is -0.475 e. The second kappa shape index (κ2) is 17.1. The first-order chi connectivity index (χ1) is 27.5. The van der Waals surface area contributed by atoms with Crippen LogP contribution in [0.5, 0.6) is 11.8 Å². The van der Waals surface area contributed by atoms with Crippen molar-refractivity contribution in [2.24, 2.45) is 0 Å². The zero-order chi connectivity index (χ0) is 38.3. The summed E-state index contributed by atoms with van der Waals surface area (Å²) in [5.74, 6) is 9.48. The lowest BCUT2D eigenvalue weighted by Crippen LogP contribution is -2.34. The van der Waals surface area contributed by atoms with Crippen LogP contribution >= 0.6 is 0 Å². The Kier molecular flexibility index (Phi) is 11.2. The van der Waals surface area contributed by atoms with Gasteiger partial charge in [0.2, 0.25) is 11.8 Å². The Morgan fingerprint density at radius 2 is 1.20 bits per heavy atom. The highest BCUT2D eigenvalue weighted by Gasteiger charge is 2.23. The Morgan fingerprint density at radius 1 is 0.679 bits per heavy atom. The van der Waals surface area contributed by atoms with Crippen LogP contribution in [0.3, 0.4) is 0 Å². The number of rotatable bonds is 6. The summed E-state index contributed by atoms with van der Waals surface area (Å²) >= 11 is 0. The summed E-state index contributed by atoms with van der Waals surface area (Å²) < 4.78 is 36.7. The van der Waals surface area contributed by atoms with E-state index in [1.165, 1.54) is 6.33 Å². The van der Waals surface area contributed by atoms with E-state index in [0.717, 1.165) is 63.2 Å². The number of aromatic nitrogens is 6. The molecule has 4 aliphatic rings. The number of benzene rings is 2. The largest absolute Gasteiger partial charge is 0.475 e. The second-order valence-electron chi connectivity index (χ2n) is 13.4. The molecule has 56 heavy (non-hydrogen) atoms. The molecule has 0 amide bonds. The molecular formula is C42H38N6O8. The van der Waals surface area contributed by atoms with Crippen molar-refractivity contribution in [3.63, 3.8) is 0 Å². The smallest absolute Gasteiger partial charge is 0.351 e. The molecule has 0 N–H and O–H groups in total. The molecule has 7 heterocycles. The third-order valence-electron chi connectivity index (χ3n) is 9.63. The van der Waals surface area contributed by atoms with E-state index in [4.69, 9.17) is 34.8 Å². The van der Waals surface area contributed by atoms with Crippen molar-refractivity contribution >= 4 is 0 Å². The lowest BCUT2D eigenvalue weighted by molar-refractivity contribution is -0.102. The summed E-state index contributed by atoms with van der Waals surface area (Å²) in [7, 11) is 0. The SMILES string of the molecule is C#Cc1ccc2c(c1)CCn1c-2cc(OCC2COCCO2)nc1=O.O=c1nc(OCC2COCCO2)cc2n1CCc1cc(C#Cc3cncnc3)ccc1-2. The predicted molar refractivity (Wildman–Crippen MR) is 203 cm³/mol. The maximum Gasteiger partial charge on any atom is 0.351 e. The molecule has 2 unspecified atom stereocenters. The number of hydrogen-bond donors (Lipinski definition) is 0. The Balaban J connectivity index is 0.000000161. The first-order valence-corrected chi connectivity index (χ1v) is 18.4. The van der Waals surface area contributed by atoms with Crippen LogP contribution in [0.4, 0.5) is 0 Å². The molecule has 0 bridgehead atoms. The molecule has 14 nitrogen and oxygen atoms in total. The Labute approximate surface area is 322 Å². The van der Waals surface area contributed by atoms with Gasteiger partial charge in [0, 0.05) is 59.9 Å². The van der Waals surface area contributed by atoms with Gasteiger partial charge in [0.25, 0.3) is 0 Å². The van der Waals surface area contributed by atoms with Crippen molar-refractivity contribution in [1.82, 2.24) is 29.1 Å². The molecule has 0 saturated carbocycles. The number of fused-ring (bicyclic) bond motifs is 6. The zero-order valence-electron chi connectivity index (χ0n) is 30.5. The van der Waals surface area contributed by atoms with Crippen molar-refractivity contribution in [3.05, 3.63) is 116 Å². The quantitative estimate of drug-likeness (QED) is 0.235. The summed E-state index contributed by atoms with van der Waals surface area (Å²) in [5, 5.41) is 0. The van der Waals surface area contributed by atoms with Crippen LogP contribution in [0.2, 0.25) is 0 Å². The van der Waals surface area contributed by atoms with Crippen LogP contribution in [0.25, 0.3) is 22.5 Å². The van der Waals surface area contributed by atoms with Gasteiger partial charge in [-0.2, -0.15) is 9.97 Å². The lowest BCUT2D eigenvalue weighted by atomic mass is 9.95. The van der Waals surface area contributed by atoms with Crippen molar-refractivity contribution in [2.75, 3.05) is 52.9 Å². The van der Waals surface area contributed by atoms with Crippen LogP contribution in [0, 0.1) is 24.2 Å². The van der Waals surface area contributed by atoms with Crippen molar-refractivity contribution in [2.45, 2.75) is 38.1 Å². The number of nitrogens with zero attached hydrogens (tertiary/aromatic N) is 6. The van der Waals surface area contributed by atoms with Crippen molar-refractivity contribution in [1.29, 1.82) is 0 Å².